The Morgan fingerprint density at radius 3 is 2.88 bits per heavy atom. The molecule has 0 bridgehead atoms. The molecule has 1 saturated heterocycles. The summed E-state index contributed by atoms with van der Waals surface area (Å²) < 4.78 is 12.1. The summed E-state index contributed by atoms with van der Waals surface area (Å²) >= 11 is 0. The Hall–Kier alpha value is -0.0800. The Kier molecular flexibility index (Phi) is 1.21. The molecular weight excluding hydrogens is 104 g/mol. The van der Waals surface area contributed by atoms with Crippen molar-refractivity contribution in [2.45, 2.75) is 38.6 Å². The Balaban J connectivity index is 2.38. The first-order valence-electron chi connectivity index (χ1n) is 3.57. The second-order valence-electron chi connectivity index (χ2n) is 2.29. The molecule has 0 radical (unpaired) electrons. The summed E-state index contributed by atoms with van der Waals surface area (Å²) in [6.07, 6.45) is 0.177. The van der Waals surface area contributed by atoms with Crippen molar-refractivity contribution in [3.05, 3.63) is 0 Å². The van der Waals surface area contributed by atoms with E-state index in [0.717, 1.165) is 0 Å². The van der Waals surface area contributed by atoms with Crippen LogP contribution in [0.1, 0.15) is 21.6 Å². The van der Waals surface area contributed by atoms with Crippen LogP contribution in [-0.4, -0.2) is 23.4 Å². The third-order valence-corrected chi connectivity index (χ3v) is 1.41. The first-order valence-corrected chi connectivity index (χ1v) is 2.87. The van der Waals surface area contributed by atoms with Crippen LogP contribution in [0.5, 0.6) is 0 Å². The second-order valence-corrected chi connectivity index (χ2v) is 2.29. The lowest BCUT2D eigenvalue weighted by atomic mass is 10.2. The van der Waals surface area contributed by atoms with E-state index < -0.39 is 6.10 Å². The van der Waals surface area contributed by atoms with Crippen LogP contribution in [0.4, 0.5) is 0 Å². The van der Waals surface area contributed by atoms with E-state index >= 15 is 0 Å². The van der Waals surface area contributed by atoms with Gasteiger partial charge in [-0.3, -0.25) is 0 Å². The fraction of sp³-hybridized carbons (Fsp3) is 1.00. The zero-order valence-corrected chi connectivity index (χ0v) is 5.00. The van der Waals surface area contributed by atoms with Crippen LogP contribution in [0.25, 0.3) is 0 Å². The minimum atomic E-state index is -0.405. The van der Waals surface area contributed by atoms with Crippen molar-refractivity contribution in [1.82, 2.24) is 0 Å². The SMILES string of the molecule is [2H]CC1OC(C)CC1O. The normalized spacial score (nSPS) is 49.2. The summed E-state index contributed by atoms with van der Waals surface area (Å²) in [5, 5.41) is 9.11. The molecule has 1 aliphatic heterocycles. The van der Waals surface area contributed by atoms with Crippen LogP contribution in [0.2, 0.25) is 0 Å². The molecule has 3 unspecified atom stereocenters. The minimum Gasteiger partial charge on any atom is -0.390 e. The lowest BCUT2D eigenvalue weighted by Gasteiger charge is -2.04. The van der Waals surface area contributed by atoms with E-state index in [4.69, 9.17) is 11.2 Å². The van der Waals surface area contributed by atoms with Gasteiger partial charge >= 0.3 is 0 Å². The highest BCUT2D eigenvalue weighted by Crippen LogP contribution is 2.18. The summed E-state index contributed by atoms with van der Waals surface area (Å²) in [7, 11) is 0. The Morgan fingerprint density at radius 2 is 2.62 bits per heavy atom. The van der Waals surface area contributed by atoms with Gasteiger partial charge in [0.25, 0.3) is 0 Å². The van der Waals surface area contributed by atoms with Crippen molar-refractivity contribution >= 4 is 0 Å². The van der Waals surface area contributed by atoms with Crippen molar-refractivity contribution in [3.63, 3.8) is 0 Å². The Morgan fingerprint density at radius 1 is 1.88 bits per heavy atom. The van der Waals surface area contributed by atoms with Crippen LogP contribution < -0.4 is 0 Å². The summed E-state index contributed by atoms with van der Waals surface area (Å²) in [4.78, 5) is 0. The maximum absolute atomic E-state index is 9.11. The third-order valence-electron chi connectivity index (χ3n) is 1.41. The van der Waals surface area contributed by atoms with E-state index in [-0.39, 0.29) is 19.1 Å². The molecule has 0 aromatic rings. The van der Waals surface area contributed by atoms with Gasteiger partial charge in [0.05, 0.1) is 18.3 Å². The molecule has 48 valence electrons. The van der Waals surface area contributed by atoms with E-state index in [1.54, 1.807) is 0 Å². The van der Waals surface area contributed by atoms with Crippen molar-refractivity contribution in [3.8, 4) is 0 Å². The number of aliphatic hydroxyl groups is 1. The average molecular weight is 117 g/mol. The fourth-order valence-corrected chi connectivity index (χ4v) is 0.936. The molecule has 0 aliphatic carbocycles. The summed E-state index contributed by atoms with van der Waals surface area (Å²) in [6, 6.07) is 0. The molecule has 2 heteroatoms. The van der Waals surface area contributed by atoms with Crippen LogP contribution in [0, 0.1) is 0 Å². The molecule has 1 heterocycles. The van der Waals surface area contributed by atoms with Gasteiger partial charge in [0.15, 0.2) is 0 Å². The first kappa shape index (κ1) is 4.77. The van der Waals surface area contributed by atoms with Crippen LogP contribution in [-0.2, 0) is 4.74 Å². The lowest BCUT2D eigenvalue weighted by molar-refractivity contribution is 0.0287. The summed E-state index contributed by atoms with van der Waals surface area (Å²) in [5.41, 5.74) is 0. The van der Waals surface area contributed by atoms with Crippen molar-refractivity contribution < 1.29 is 11.2 Å². The quantitative estimate of drug-likeness (QED) is 0.502. The molecular formula is C6H12O2. The standard InChI is InChI=1S/C6H12O2/c1-4-3-6(7)5(2)8-4/h4-7H,3H2,1-2H3/i2D. The molecule has 0 aromatic carbocycles. The van der Waals surface area contributed by atoms with Gasteiger partial charge in [-0.15, -0.1) is 0 Å². The highest BCUT2D eigenvalue weighted by Gasteiger charge is 2.26. The second kappa shape index (κ2) is 2.03. The molecule has 1 rings (SSSR count). The maximum atomic E-state index is 9.11. The zero-order chi connectivity index (χ0) is 6.85. The first-order chi connectivity index (χ1) is 4.24. The highest BCUT2D eigenvalue weighted by atomic mass is 16.5. The Bertz CT molecular complexity index is 97.1. The van der Waals surface area contributed by atoms with Crippen LogP contribution >= 0.6 is 0 Å². The monoisotopic (exact) mass is 117 g/mol. The molecule has 0 spiro atoms. The lowest BCUT2D eigenvalue weighted by Crippen LogP contribution is -2.15. The van der Waals surface area contributed by atoms with Gasteiger partial charge in [0.1, 0.15) is 0 Å². The highest BCUT2D eigenvalue weighted by molar-refractivity contribution is 4.75. The largest absolute Gasteiger partial charge is 0.390 e. The average Bonchev–Trinajstić information content (AvgIpc) is 2.10. The van der Waals surface area contributed by atoms with E-state index in [0.29, 0.717) is 6.42 Å². The van der Waals surface area contributed by atoms with Gasteiger partial charge in [0, 0.05) is 7.79 Å². The number of aliphatic hydroxyl groups excluding tert-OH is 1. The van der Waals surface area contributed by atoms with E-state index in [1.807, 2.05) is 6.92 Å². The van der Waals surface area contributed by atoms with Crippen molar-refractivity contribution in [2.75, 3.05) is 0 Å². The molecule has 0 amide bonds. The van der Waals surface area contributed by atoms with Gasteiger partial charge in [0.2, 0.25) is 0 Å². The number of hydrogen-bond acceptors (Lipinski definition) is 2. The van der Waals surface area contributed by atoms with Gasteiger partial charge in [-0.1, -0.05) is 0 Å². The fourth-order valence-electron chi connectivity index (χ4n) is 0.936. The van der Waals surface area contributed by atoms with Crippen LogP contribution in [0.3, 0.4) is 0 Å². The zero-order valence-electron chi connectivity index (χ0n) is 6.00. The number of ether oxygens (including phenoxy) is 1. The van der Waals surface area contributed by atoms with Gasteiger partial charge < -0.3 is 9.84 Å². The smallest absolute Gasteiger partial charge is 0.0823 e. The van der Waals surface area contributed by atoms with Gasteiger partial charge in [-0.2, -0.15) is 0 Å². The van der Waals surface area contributed by atoms with Crippen LogP contribution in [0.15, 0.2) is 0 Å². The molecule has 0 aromatic heterocycles. The topological polar surface area (TPSA) is 29.5 Å². The predicted molar refractivity (Wildman–Crippen MR) is 30.6 cm³/mol. The molecule has 1 N–H and O–H groups in total. The number of rotatable bonds is 0. The van der Waals surface area contributed by atoms with E-state index in [9.17, 15) is 0 Å². The summed E-state index contributed by atoms with van der Waals surface area (Å²) in [6.45, 7) is 2.09. The molecule has 1 aliphatic rings. The summed E-state index contributed by atoms with van der Waals surface area (Å²) in [5.74, 6) is 0. The Labute approximate surface area is 50.9 Å². The molecule has 8 heavy (non-hydrogen) atoms. The van der Waals surface area contributed by atoms with Gasteiger partial charge in [-0.05, 0) is 13.8 Å². The third kappa shape index (κ3) is 1.01. The predicted octanol–water partition coefficient (Wildman–Crippen LogP) is 0.545. The molecule has 1 fully saturated rings. The van der Waals surface area contributed by atoms with E-state index in [1.165, 1.54) is 0 Å². The number of hydrogen-bond donors (Lipinski definition) is 1. The minimum absolute atomic E-state index is 0.135. The van der Waals surface area contributed by atoms with E-state index in [2.05, 4.69) is 0 Å². The molecule has 3 atom stereocenters. The van der Waals surface area contributed by atoms with Crippen molar-refractivity contribution in [1.29, 1.82) is 0 Å². The molecule has 0 saturated carbocycles. The maximum Gasteiger partial charge on any atom is 0.0823 e. The molecule has 2 nitrogen and oxygen atoms in total. The van der Waals surface area contributed by atoms with Crippen molar-refractivity contribution in [2.24, 2.45) is 0 Å². The van der Waals surface area contributed by atoms with Gasteiger partial charge in [-0.25, -0.2) is 0 Å².